The van der Waals surface area contributed by atoms with Gasteiger partial charge in [0.15, 0.2) is 5.69 Å². The van der Waals surface area contributed by atoms with E-state index in [1.54, 1.807) is 6.92 Å². The average Bonchev–Trinajstić information content (AvgIpc) is 3.24. The fourth-order valence-electron chi connectivity index (χ4n) is 3.72. The van der Waals surface area contributed by atoms with Gasteiger partial charge in [-0.3, -0.25) is 9.59 Å². The lowest BCUT2D eigenvalue weighted by Gasteiger charge is -2.05. The Morgan fingerprint density at radius 3 is 2.68 bits per heavy atom. The van der Waals surface area contributed by atoms with Crippen molar-refractivity contribution < 1.29 is 24.2 Å². The molecule has 0 bridgehead atoms. The van der Waals surface area contributed by atoms with Gasteiger partial charge in [-0.1, -0.05) is 25.8 Å². The van der Waals surface area contributed by atoms with Gasteiger partial charge in [-0.15, -0.1) is 5.11 Å². The van der Waals surface area contributed by atoms with Crippen LogP contribution in [-0.4, -0.2) is 38.6 Å². The number of carboxylic acids is 1. The van der Waals surface area contributed by atoms with Crippen molar-refractivity contribution in [3.8, 4) is 5.88 Å². The smallest absolute Gasteiger partial charge is 0.303 e. The van der Waals surface area contributed by atoms with Gasteiger partial charge in [0.05, 0.1) is 22.6 Å². The van der Waals surface area contributed by atoms with Crippen LogP contribution in [0.5, 0.6) is 5.88 Å². The number of carboxylic acid groups (broad SMARTS) is 1. The zero-order valence-electron chi connectivity index (χ0n) is 18.9. The van der Waals surface area contributed by atoms with E-state index in [1.807, 2.05) is 0 Å². The van der Waals surface area contributed by atoms with E-state index in [0.29, 0.717) is 45.7 Å². The van der Waals surface area contributed by atoms with Crippen LogP contribution in [0.25, 0.3) is 23.7 Å². The highest BCUT2D eigenvalue weighted by Gasteiger charge is 2.13. The van der Waals surface area contributed by atoms with Crippen molar-refractivity contribution in [3.05, 3.63) is 45.8 Å². The molecule has 0 saturated carbocycles. The summed E-state index contributed by atoms with van der Waals surface area (Å²) < 4.78 is 13.5. The van der Waals surface area contributed by atoms with Crippen molar-refractivity contribution >= 4 is 41.2 Å². The molecule has 9 nitrogen and oxygen atoms in total. The van der Waals surface area contributed by atoms with Gasteiger partial charge in [-0.25, -0.2) is 4.39 Å². The molecule has 3 aromatic rings. The molecule has 0 spiro atoms. The molecule has 3 rings (SSSR count). The Balaban J connectivity index is 1.61. The molecule has 34 heavy (non-hydrogen) atoms. The van der Waals surface area contributed by atoms with Gasteiger partial charge < -0.3 is 25.5 Å². The third-order valence-corrected chi connectivity index (χ3v) is 5.46. The number of unbranched alkanes of at least 4 members (excludes halogenated alkanes) is 4. The first-order valence-electron chi connectivity index (χ1n) is 11.1. The summed E-state index contributed by atoms with van der Waals surface area (Å²) in [6.45, 7) is 6.24. The molecular formula is C24H28FN5O4. The van der Waals surface area contributed by atoms with Crippen molar-refractivity contribution in [2.45, 2.75) is 45.4 Å². The highest BCUT2D eigenvalue weighted by molar-refractivity contribution is 5.95. The number of aliphatic carboxylic acids is 1. The van der Waals surface area contributed by atoms with Crippen molar-refractivity contribution in [1.82, 2.24) is 15.3 Å². The molecule has 180 valence electrons. The van der Waals surface area contributed by atoms with Crippen molar-refractivity contribution in [3.63, 3.8) is 0 Å². The minimum absolute atomic E-state index is 0.112. The Hall–Kier alpha value is -3.95. The first-order valence-corrected chi connectivity index (χ1v) is 11.1. The number of carbonyl (C=O) groups excluding carboxylic acids is 1. The summed E-state index contributed by atoms with van der Waals surface area (Å²) in [4.78, 5) is 28.9. The molecule has 5 N–H and O–H groups in total. The SMILES string of the molecule is C=c1c(C(=O)NCCCCCCCC(=O)O)c(C)[nH]c1=CN=Nc1c(O)[nH]c2ccc(F)cc12. The second-order valence-electron chi connectivity index (χ2n) is 8.04. The lowest BCUT2D eigenvalue weighted by molar-refractivity contribution is -0.137. The van der Waals surface area contributed by atoms with E-state index in [1.165, 1.54) is 24.4 Å². The van der Waals surface area contributed by atoms with E-state index in [-0.39, 0.29) is 23.9 Å². The van der Waals surface area contributed by atoms with Gasteiger partial charge in [-0.05, 0) is 38.0 Å². The summed E-state index contributed by atoms with van der Waals surface area (Å²) in [5.41, 5.74) is 1.70. The molecule has 0 aliphatic rings. The molecule has 2 aromatic heterocycles. The molecule has 1 amide bonds. The Morgan fingerprint density at radius 2 is 1.91 bits per heavy atom. The van der Waals surface area contributed by atoms with Gasteiger partial charge in [0.1, 0.15) is 5.82 Å². The van der Waals surface area contributed by atoms with Crippen LogP contribution in [0.1, 0.15) is 54.6 Å². The molecular weight excluding hydrogens is 441 g/mol. The molecule has 2 heterocycles. The Morgan fingerprint density at radius 1 is 1.18 bits per heavy atom. The van der Waals surface area contributed by atoms with Crippen molar-refractivity contribution in [2.24, 2.45) is 10.2 Å². The number of hydrogen-bond donors (Lipinski definition) is 5. The van der Waals surface area contributed by atoms with Crippen LogP contribution in [-0.2, 0) is 4.79 Å². The average molecular weight is 470 g/mol. The quantitative estimate of drug-likeness (QED) is 0.215. The first-order chi connectivity index (χ1) is 16.3. The molecule has 0 aliphatic heterocycles. The first kappa shape index (κ1) is 24.7. The fourth-order valence-corrected chi connectivity index (χ4v) is 3.72. The number of aromatic hydroxyl groups is 1. The fraction of sp³-hybridized carbons (Fsp3) is 0.333. The summed E-state index contributed by atoms with van der Waals surface area (Å²) in [7, 11) is 0. The van der Waals surface area contributed by atoms with Crippen molar-refractivity contribution in [1.29, 1.82) is 0 Å². The summed E-state index contributed by atoms with van der Waals surface area (Å²) in [5.74, 6) is -1.70. The number of amides is 1. The van der Waals surface area contributed by atoms with E-state index >= 15 is 0 Å². The predicted molar refractivity (Wildman–Crippen MR) is 127 cm³/mol. The topological polar surface area (TPSA) is 143 Å². The zero-order chi connectivity index (χ0) is 24.7. The van der Waals surface area contributed by atoms with Crippen LogP contribution in [0, 0.1) is 12.7 Å². The molecule has 0 fully saturated rings. The van der Waals surface area contributed by atoms with Gasteiger partial charge >= 0.3 is 5.97 Å². The summed E-state index contributed by atoms with van der Waals surface area (Å²) in [6.07, 6.45) is 5.75. The van der Waals surface area contributed by atoms with E-state index in [0.717, 1.165) is 25.7 Å². The Labute approximate surface area is 195 Å². The van der Waals surface area contributed by atoms with E-state index in [9.17, 15) is 19.1 Å². The number of nitrogens with one attached hydrogen (secondary N) is 3. The largest absolute Gasteiger partial charge is 0.493 e. The number of aromatic nitrogens is 2. The van der Waals surface area contributed by atoms with Crippen LogP contribution >= 0.6 is 0 Å². The third-order valence-electron chi connectivity index (χ3n) is 5.46. The third kappa shape index (κ3) is 6.09. The Kier molecular flexibility index (Phi) is 8.18. The number of fused-ring (bicyclic) bond motifs is 1. The maximum Gasteiger partial charge on any atom is 0.303 e. The second-order valence-corrected chi connectivity index (χ2v) is 8.04. The van der Waals surface area contributed by atoms with E-state index in [4.69, 9.17) is 5.11 Å². The van der Waals surface area contributed by atoms with Gasteiger partial charge in [0.25, 0.3) is 5.91 Å². The van der Waals surface area contributed by atoms with Crippen LogP contribution in [0.15, 0.2) is 28.4 Å². The molecule has 0 radical (unpaired) electrons. The zero-order valence-corrected chi connectivity index (χ0v) is 18.9. The molecule has 0 aliphatic carbocycles. The van der Waals surface area contributed by atoms with Gasteiger partial charge in [0.2, 0.25) is 5.88 Å². The lowest BCUT2D eigenvalue weighted by Crippen LogP contribution is -2.32. The number of halogens is 1. The molecule has 1 aromatic carbocycles. The number of rotatable bonds is 11. The molecule has 0 unspecified atom stereocenters. The number of hydrogen-bond acceptors (Lipinski definition) is 5. The number of aryl methyl sites for hydroxylation is 1. The van der Waals surface area contributed by atoms with E-state index in [2.05, 4.69) is 32.1 Å². The normalized spacial score (nSPS) is 12.1. The summed E-state index contributed by atoms with van der Waals surface area (Å²) in [6, 6.07) is 4.03. The van der Waals surface area contributed by atoms with E-state index < -0.39 is 11.8 Å². The number of H-pyrrole nitrogens is 2. The number of benzene rings is 1. The predicted octanol–water partition coefficient (Wildman–Crippen LogP) is 3.74. The minimum atomic E-state index is -0.775. The van der Waals surface area contributed by atoms with Crippen LogP contribution in [0.2, 0.25) is 0 Å². The summed E-state index contributed by atoms with van der Waals surface area (Å²) >= 11 is 0. The number of azo groups is 1. The van der Waals surface area contributed by atoms with Crippen LogP contribution in [0.4, 0.5) is 10.1 Å². The highest BCUT2D eigenvalue weighted by Crippen LogP contribution is 2.35. The lowest BCUT2D eigenvalue weighted by atomic mass is 10.1. The summed E-state index contributed by atoms with van der Waals surface area (Å²) in [5, 5.41) is 30.9. The number of aromatic amines is 2. The monoisotopic (exact) mass is 469 g/mol. The highest BCUT2D eigenvalue weighted by atomic mass is 19.1. The number of carbonyl (C=O) groups is 2. The van der Waals surface area contributed by atoms with Crippen LogP contribution < -0.4 is 15.9 Å². The molecule has 10 heteroatoms. The minimum Gasteiger partial charge on any atom is -0.493 e. The van der Waals surface area contributed by atoms with Crippen molar-refractivity contribution in [2.75, 3.05) is 6.54 Å². The second kappa shape index (κ2) is 11.3. The standard InChI is InChI=1S/C24H28FN5O4/c1-14-19(13-27-30-22-17-12-16(25)9-10-18(17)29-24(22)34)28-15(2)21(14)23(33)26-11-7-5-3-4-6-8-20(31)32/h9-10,12-13,28-29,34H,1,3-8,11H2,2H3,(H,26,33)(H,31,32). The molecule has 0 saturated heterocycles. The molecule has 0 atom stereocenters. The van der Waals surface area contributed by atoms with Crippen LogP contribution in [0.3, 0.4) is 0 Å². The maximum atomic E-state index is 13.5. The number of nitrogens with zero attached hydrogens (tertiary/aromatic N) is 2. The Bertz CT molecular complexity index is 1330. The van der Waals surface area contributed by atoms with Gasteiger partial charge in [0, 0.05) is 29.3 Å². The van der Waals surface area contributed by atoms with Gasteiger partial charge in [-0.2, -0.15) is 5.11 Å². The maximum absolute atomic E-state index is 13.5.